The van der Waals surface area contributed by atoms with Crippen molar-refractivity contribution in [2.75, 3.05) is 7.05 Å². The van der Waals surface area contributed by atoms with Crippen LogP contribution in [-0.2, 0) is 6.54 Å². The van der Waals surface area contributed by atoms with Crippen molar-refractivity contribution in [3.05, 3.63) is 88.5 Å². The molecule has 2 aromatic heterocycles. The molecule has 6 heteroatoms. The average Bonchev–Trinajstić information content (AvgIpc) is 3.24. The molecule has 0 spiro atoms. The minimum Gasteiger partial charge on any atom is -0.331 e. The maximum Gasteiger partial charge on any atom is 0.266 e. The molecule has 5 rings (SSSR count). The summed E-state index contributed by atoms with van der Waals surface area (Å²) < 4.78 is 1.05. The largest absolute Gasteiger partial charge is 0.331 e. The van der Waals surface area contributed by atoms with Gasteiger partial charge in [-0.3, -0.25) is 9.78 Å². The minimum absolute atomic E-state index is 0.0392. The number of pyridine rings is 1. The van der Waals surface area contributed by atoms with Crippen LogP contribution in [0.3, 0.4) is 0 Å². The molecule has 1 N–H and O–H groups in total. The Bertz CT molecular complexity index is 1260. The average molecular weight is 490 g/mol. The molecule has 0 atom stereocenters. The van der Waals surface area contributed by atoms with Gasteiger partial charge in [-0.1, -0.05) is 54.1 Å². The van der Waals surface area contributed by atoms with Crippen LogP contribution in [-0.4, -0.2) is 34.9 Å². The lowest BCUT2D eigenvalue weighted by molar-refractivity contribution is 0.0606. The second kappa shape index (κ2) is 10.3. The number of hydrogen-bond donors (Lipinski definition) is 1. The number of nitrogens with zero attached hydrogens (tertiary/aromatic N) is 2. The van der Waals surface area contributed by atoms with Crippen molar-refractivity contribution in [3.63, 3.8) is 0 Å². The number of fused-ring (bicyclic) bond motifs is 1. The van der Waals surface area contributed by atoms with E-state index in [1.807, 2.05) is 43.4 Å². The van der Waals surface area contributed by atoms with Crippen molar-refractivity contribution in [1.82, 2.24) is 15.2 Å². The number of halogens is 1. The van der Waals surface area contributed by atoms with Gasteiger partial charge in [0.05, 0.1) is 5.02 Å². The van der Waals surface area contributed by atoms with Crippen LogP contribution in [0, 0.1) is 0 Å². The second-order valence-corrected chi connectivity index (χ2v) is 10.3. The highest BCUT2D eigenvalue weighted by molar-refractivity contribution is 7.21. The zero-order valence-electron chi connectivity index (χ0n) is 19.2. The van der Waals surface area contributed by atoms with Crippen LogP contribution in [0.2, 0.25) is 5.02 Å². The van der Waals surface area contributed by atoms with Gasteiger partial charge in [-0.25, -0.2) is 0 Å². The Morgan fingerprint density at radius 1 is 1.00 bits per heavy atom. The molecule has 1 saturated carbocycles. The van der Waals surface area contributed by atoms with E-state index in [1.165, 1.54) is 11.3 Å². The van der Waals surface area contributed by atoms with Gasteiger partial charge in [-0.2, -0.15) is 0 Å². The van der Waals surface area contributed by atoms with E-state index in [0.717, 1.165) is 52.5 Å². The van der Waals surface area contributed by atoms with E-state index in [9.17, 15) is 4.79 Å². The third-order valence-corrected chi connectivity index (χ3v) is 8.52. The molecule has 1 aliphatic carbocycles. The Morgan fingerprint density at radius 3 is 2.35 bits per heavy atom. The van der Waals surface area contributed by atoms with Crippen LogP contribution in [0.15, 0.2) is 73.1 Å². The van der Waals surface area contributed by atoms with Crippen molar-refractivity contribution in [3.8, 4) is 11.1 Å². The van der Waals surface area contributed by atoms with E-state index in [2.05, 4.69) is 39.5 Å². The van der Waals surface area contributed by atoms with E-state index in [0.29, 0.717) is 22.5 Å². The molecule has 1 fully saturated rings. The molecule has 0 aliphatic heterocycles. The summed E-state index contributed by atoms with van der Waals surface area (Å²) in [5.74, 6) is 0.0392. The summed E-state index contributed by atoms with van der Waals surface area (Å²) in [5, 5.41) is 4.93. The highest BCUT2D eigenvalue weighted by Gasteiger charge is 2.31. The summed E-state index contributed by atoms with van der Waals surface area (Å²) in [4.78, 5) is 20.7. The molecule has 1 aliphatic rings. The molecule has 4 nitrogen and oxygen atoms in total. The number of rotatable bonds is 6. The number of carbonyl (C=O) groups is 1. The molecule has 4 aromatic rings. The SMILES string of the molecule is CNC1CCC(N(Cc2ccc(-c3ccncc3)cc2)C(=O)c2sc3ccccc3c2Cl)CC1. The normalized spacial score (nSPS) is 18.2. The lowest BCUT2D eigenvalue weighted by Gasteiger charge is -2.37. The zero-order chi connectivity index (χ0) is 23.5. The number of thiophene rings is 1. The standard InChI is InChI=1S/C28H28ClN3OS/c1-30-22-10-12-23(13-11-22)32(28(33)27-26(29)24-4-2-3-5-25(24)34-27)18-19-6-8-20(9-7-19)21-14-16-31-17-15-21/h2-9,14-17,22-23,30H,10-13,18H2,1H3. The van der Waals surface area contributed by atoms with Crippen LogP contribution in [0.5, 0.6) is 0 Å². The van der Waals surface area contributed by atoms with Gasteiger partial charge in [0, 0.05) is 41.1 Å². The van der Waals surface area contributed by atoms with Gasteiger partial charge in [-0.15, -0.1) is 11.3 Å². The van der Waals surface area contributed by atoms with Crippen molar-refractivity contribution < 1.29 is 4.79 Å². The van der Waals surface area contributed by atoms with Gasteiger partial charge in [-0.05, 0) is 67.6 Å². The fourth-order valence-electron chi connectivity index (χ4n) is 4.87. The Kier molecular flexibility index (Phi) is 6.95. The van der Waals surface area contributed by atoms with Crippen LogP contribution in [0.1, 0.15) is 40.9 Å². The summed E-state index contributed by atoms with van der Waals surface area (Å²) in [6, 6.07) is 21.2. The fourth-order valence-corrected chi connectivity index (χ4v) is 6.34. The van der Waals surface area contributed by atoms with Gasteiger partial charge in [0.1, 0.15) is 4.88 Å². The quantitative estimate of drug-likeness (QED) is 0.324. The molecule has 0 unspecified atom stereocenters. The Morgan fingerprint density at radius 2 is 1.68 bits per heavy atom. The minimum atomic E-state index is 0.0392. The number of nitrogens with one attached hydrogen (secondary N) is 1. The summed E-state index contributed by atoms with van der Waals surface area (Å²) in [6.45, 7) is 0.578. The predicted molar refractivity (Wildman–Crippen MR) is 141 cm³/mol. The van der Waals surface area contributed by atoms with Gasteiger partial charge >= 0.3 is 0 Å². The van der Waals surface area contributed by atoms with Crippen molar-refractivity contribution in [2.24, 2.45) is 0 Å². The number of aromatic nitrogens is 1. The number of hydrogen-bond acceptors (Lipinski definition) is 4. The third-order valence-electron chi connectivity index (χ3n) is 6.86. The molecular weight excluding hydrogens is 462 g/mol. The molecule has 1 amide bonds. The maximum absolute atomic E-state index is 13.9. The van der Waals surface area contributed by atoms with Crippen LogP contribution in [0.25, 0.3) is 21.2 Å². The monoisotopic (exact) mass is 489 g/mol. The summed E-state index contributed by atoms with van der Waals surface area (Å²) in [5.41, 5.74) is 3.40. The molecule has 34 heavy (non-hydrogen) atoms. The van der Waals surface area contributed by atoms with E-state index in [-0.39, 0.29) is 11.9 Å². The Labute approximate surface area is 209 Å². The smallest absolute Gasteiger partial charge is 0.266 e. The van der Waals surface area contributed by atoms with Gasteiger partial charge in [0.15, 0.2) is 0 Å². The van der Waals surface area contributed by atoms with E-state index < -0.39 is 0 Å². The lowest BCUT2D eigenvalue weighted by Crippen LogP contribution is -2.44. The molecule has 0 radical (unpaired) electrons. The Hall–Kier alpha value is -2.73. The summed E-state index contributed by atoms with van der Waals surface area (Å²) in [6.07, 6.45) is 7.75. The van der Waals surface area contributed by atoms with Crippen molar-refractivity contribution >= 4 is 38.9 Å². The van der Waals surface area contributed by atoms with E-state index >= 15 is 0 Å². The topological polar surface area (TPSA) is 45.2 Å². The van der Waals surface area contributed by atoms with Crippen LogP contribution < -0.4 is 5.32 Å². The summed E-state index contributed by atoms with van der Waals surface area (Å²) in [7, 11) is 2.02. The molecule has 2 aromatic carbocycles. The highest BCUT2D eigenvalue weighted by Crippen LogP contribution is 2.37. The van der Waals surface area contributed by atoms with E-state index in [1.54, 1.807) is 12.4 Å². The molecule has 0 saturated heterocycles. The molecule has 2 heterocycles. The molecular formula is C28H28ClN3OS. The van der Waals surface area contributed by atoms with Crippen molar-refractivity contribution in [2.45, 2.75) is 44.3 Å². The predicted octanol–water partition coefficient (Wildman–Crippen LogP) is 6.79. The number of benzene rings is 2. The van der Waals surface area contributed by atoms with Gasteiger partial charge < -0.3 is 10.2 Å². The Balaban J connectivity index is 1.43. The maximum atomic E-state index is 13.9. The first-order chi connectivity index (χ1) is 16.6. The summed E-state index contributed by atoms with van der Waals surface area (Å²) >= 11 is 8.22. The highest BCUT2D eigenvalue weighted by atomic mass is 35.5. The second-order valence-electron chi connectivity index (χ2n) is 8.90. The van der Waals surface area contributed by atoms with E-state index in [4.69, 9.17) is 11.6 Å². The first-order valence-corrected chi connectivity index (χ1v) is 13.0. The fraction of sp³-hybridized carbons (Fsp3) is 0.286. The van der Waals surface area contributed by atoms with Gasteiger partial charge in [0.25, 0.3) is 5.91 Å². The van der Waals surface area contributed by atoms with Crippen LogP contribution >= 0.6 is 22.9 Å². The number of carbonyl (C=O) groups excluding carboxylic acids is 1. The number of amides is 1. The molecule has 174 valence electrons. The zero-order valence-corrected chi connectivity index (χ0v) is 20.8. The van der Waals surface area contributed by atoms with Gasteiger partial charge in [0.2, 0.25) is 0 Å². The third kappa shape index (κ3) is 4.74. The van der Waals surface area contributed by atoms with Crippen LogP contribution in [0.4, 0.5) is 0 Å². The van der Waals surface area contributed by atoms with Crippen molar-refractivity contribution in [1.29, 1.82) is 0 Å². The molecule has 0 bridgehead atoms. The first kappa shape index (κ1) is 23.0. The first-order valence-electron chi connectivity index (χ1n) is 11.8. The lowest BCUT2D eigenvalue weighted by atomic mass is 9.89.